The van der Waals surface area contributed by atoms with Crippen LogP contribution in [0.15, 0.2) is 28.1 Å². The summed E-state index contributed by atoms with van der Waals surface area (Å²) < 4.78 is 0. The van der Waals surface area contributed by atoms with Crippen LogP contribution in [0.2, 0.25) is 0 Å². The zero-order valence-corrected chi connectivity index (χ0v) is 8.92. The topological polar surface area (TPSA) is 76.4 Å². The van der Waals surface area contributed by atoms with Gasteiger partial charge in [0.15, 0.2) is 0 Å². The molecule has 0 saturated carbocycles. The van der Waals surface area contributed by atoms with E-state index in [2.05, 4.69) is 16.4 Å². The molecule has 3 rings (SSSR count). The van der Waals surface area contributed by atoms with Crippen LogP contribution in [0.3, 0.4) is 0 Å². The molecule has 4 nitrogen and oxygen atoms in total. The third-order valence-electron chi connectivity index (χ3n) is 2.80. The zero-order valence-electron chi connectivity index (χ0n) is 8.10. The van der Waals surface area contributed by atoms with Crippen molar-refractivity contribution >= 4 is 23.3 Å². The van der Waals surface area contributed by atoms with Crippen LogP contribution in [0.1, 0.15) is 11.5 Å². The first-order chi connectivity index (χ1) is 7.25. The van der Waals surface area contributed by atoms with Crippen molar-refractivity contribution < 1.29 is 0 Å². The molecule has 0 saturated heterocycles. The Balaban J connectivity index is 2.10. The predicted octanol–water partition coefficient (Wildman–Crippen LogP) is 0.702. The fraction of sp³-hybridized carbons (Fsp3) is 0.300. The van der Waals surface area contributed by atoms with Gasteiger partial charge < -0.3 is 11.5 Å². The van der Waals surface area contributed by atoms with E-state index in [4.69, 9.17) is 11.5 Å². The van der Waals surface area contributed by atoms with Crippen LogP contribution >= 0.6 is 11.8 Å². The minimum Gasteiger partial charge on any atom is -0.399 e. The molecule has 5 N–H and O–H groups in total. The number of amidine groups is 1. The molecule has 5 heteroatoms. The Morgan fingerprint density at radius 3 is 3.13 bits per heavy atom. The third-order valence-corrected chi connectivity index (χ3v) is 4.10. The molecule has 2 aliphatic rings. The molecule has 1 aromatic carbocycles. The molecule has 2 atom stereocenters. The van der Waals surface area contributed by atoms with E-state index in [1.54, 1.807) is 11.8 Å². The first-order valence-electron chi connectivity index (χ1n) is 4.85. The molecular formula is C10H12N4S. The van der Waals surface area contributed by atoms with Crippen molar-refractivity contribution in [1.29, 1.82) is 0 Å². The first-order valence-corrected chi connectivity index (χ1v) is 5.73. The summed E-state index contributed by atoms with van der Waals surface area (Å²) in [5.41, 5.74) is 13.7. The first kappa shape index (κ1) is 9.06. The number of hydrogen-bond acceptors (Lipinski definition) is 5. The van der Waals surface area contributed by atoms with Crippen molar-refractivity contribution in [1.82, 2.24) is 5.32 Å². The molecule has 1 aromatic rings. The van der Waals surface area contributed by atoms with Crippen molar-refractivity contribution in [3.63, 3.8) is 0 Å². The van der Waals surface area contributed by atoms with E-state index in [1.807, 2.05) is 12.1 Å². The standard InChI is InChI=1S/C10H12N4S/c11-5-1-2-6-7(3-5)15-10-8(6)9(12)13-4-14-10/h1-3,8,10,14H,4,11H2,(H2,12,13). The van der Waals surface area contributed by atoms with Crippen molar-refractivity contribution in [2.45, 2.75) is 16.2 Å². The average molecular weight is 220 g/mol. The molecule has 0 fully saturated rings. The summed E-state index contributed by atoms with van der Waals surface area (Å²) >= 11 is 1.79. The van der Waals surface area contributed by atoms with E-state index >= 15 is 0 Å². The summed E-state index contributed by atoms with van der Waals surface area (Å²) in [6, 6.07) is 5.98. The summed E-state index contributed by atoms with van der Waals surface area (Å²) in [6.07, 6.45) is 0. The van der Waals surface area contributed by atoms with Gasteiger partial charge in [0.2, 0.25) is 0 Å². The second-order valence-electron chi connectivity index (χ2n) is 3.76. The average Bonchev–Trinajstić information content (AvgIpc) is 2.56. The number of rotatable bonds is 0. The molecule has 0 bridgehead atoms. The number of benzene rings is 1. The van der Waals surface area contributed by atoms with Gasteiger partial charge in [-0.3, -0.25) is 10.3 Å². The minimum absolute atomic E-state index is 0.208. The van der Waals surface area contributed by atoms with E-state index in [0.29, 0.717) is 12.0 Å². The summed E-state index contributed by atoms with van der Waals surface area (Å²) in [7, 11) is 0. The Bertz CT molecular complexity index is 443. The van der Waals surface area contributed by atoms with Gasteiger partial charge in [-0.1, -0.05) is 6.07 Å². The smallest absolute Gasteiger partial charge is 0.105 e. The third kappa shape index (κ3) is 1.31. The fourth-order valence-electron chi connectivity index (χ4n) is 2.08. The molecule has 2 aliphatic heterocycles. The lowest BCUT2D eigenvalue weighted by molar-refractivity contribution is 0.606. The molecule has 78 valence electrons. The summed E-state index contributed by atoms with van der Waals surface area (Å²) in [5, 5.41) is 3.65. The van der Waals surface area contributed by atoms with Crippen molar-refractivity contribution in [3.8, 4) is 0 Å². The maximum absolute atomic E-state index is 5.94. The Labute approximate surface area is 92.1 Å². The Morgan fingerprint density at radius 2 is 2.27 bits per heavy atom. The molecule has 0 aromatic heterocycles. The molecule has 0 aliphatic carbocycles. The summed E-state index contributed by atoms with van der Waals surface area (Å²) in [5.74, 6) is 0.939. The highest BCUT2D eigenvalue weighted by Crippen LogP contribution is 2.45. The molecule has 0 spiro atoms. The Hall–Kier alpha value is -1.20. The normalized spacial score (nSPS) is 28.1. The number of nitrogens with two attached hydrogens (primary N) is 2. The van der Waals surface area contributed by atoms with Gasteiger partial charge in [0.05, 0.1) is 18.0 Å². The predicted molar refractivity (Wildman–Crippen MR) is 62.9 cm³/mol. The van der Waals surface area contributed by atoms with Gasteiger partial charge in [-0.05, 0) is 17.7 Å². The maximum atomic E-state index is 5.94. The number of hydrogen-bond donors (Lipinski definition) is 3. The summed E-state index contributed by atoms with van der Waals surface area (Å²) in [6.45, 7) is 0.615. The van der Waals surface area contributed by atoms with E-state index < -0.39 is 0 Å². The van der Waals surface area contributed by atoms with E-state index in [9.17, 15) is 0 Å². The summed E-state index contributed by atoms with van der Waals surface area (Å²) in [4.78, 5) is 5.45. The van der Waals surface area contributed by atoms with E-state index in [1.165, 1.54) is 10.5 Å². The maximum Gasteiger partial charge on any atom is 0.105 e. The quantitative estimate of drug-likeness (QED) is 0.563. The fourth-order valence-corrected chi connectivity index (χ4v) is 3.47. The second-order valence-corrected chi connectivity index (χ2v) is 4.94. The zero-order chi connectivity index (χ0) is 10.4. The van der Waals surface area contributed by atoms with Crippen molar-refractivity contribution in [3.05, 3.63) is 23.8 Å². The minimum atomic E-state index is 0.208. The van der Waals surface area contributed by atoms with Gasteiger partial charge in [-0.25, -0.2) is 0 Å². The van der Waals surface area contributed by atoms with Crippen LogP contribution in [0.25, 0.3) is 0 Å². The van der Waals surface area contributed by atoms with Crippen LogP contribution in [0, 0.1) is 0 Å². The van der Waals surface area contributed by atoms with Crippen LogP contribution in [-0.2, 0) is 0 Å². The second kappa shape index (κ2) is 3.15. The van der Waals surface area contributed by atoms with Gasteiger partial charge in [0.25, 0.3) is 0 Å². The number of nitrogen functional groups attached to an aromatic ring is 1. The van der Waals surface area contributed by atoms with Gasteiger partial charge >= 0.3 is 0 Å². The number of nitrogens with zero attached hydrogens (tertiary/aromatic N) is 1. The lowest BCUT2D eigenvalue weighted by Gasteiger charge is -2.24. The Morgan fingerprint density at radius 1 is 1.40 bits per heavy atom. The number of fused-ring (bicyclic) bond motifs is 3. The molecule has 2 unspecified atom stereocenters. The van der Waals surface area contributed by atoms with Crippen LogP contribution in [0.5, 0.6) is 0 Å². The number of thioether (sulfide) groups is 1. The van der Waals surface area contributed by atoms with Gasteiger partial charge in [-0.2, -0.15) is 0 Å². The van der Waals surface area contributed by atoms with E-state index in [0.717, 1.165) is 11.5 Å². The van der Waals surface area contributed by atoms with Crippen LogP contribution in [-0.4, -0.2) is 17.9 Å². The monoisotopic (exact) mass is 220 g/mol. The molecular weight excluding hydrogens is 208 g/mol. The molecule has 2 heterocycles. The van der Waals surface area contributed by atoms with Crippen LogP contribution < -0.4 is 16.8 Å². The Kier molecular flexibility index (Phi) is 1.90. The lowest BCUT2D eigenvalue weighted by atomic mass is 9.97. The highest BCUT2D eigenvalue weighted by atomic mass is 32.2. The van der Waals surface area contributed by atoms with Crippen molar-refractivity contribution in [2.24, 2.45) is 10.7 Å². The number of nitrogens with one attached hydrogen (secondary N) is 1. The largest absolute Gasteiger partial charge is 0.399 e. The lowest BCUT2D eigenvalue weighted by Crippen LogP contribution is -2.41. The molecule has 0 radical (unpaired) electrons. The number of anilines is 1. The van der Waals surface area contributed by atoms with Gasteiger partial charge in [-0.15, -0.1) is 11.8 Å². The van der Waals surface area contributed by atoms with Crippen LogP contribution in [0.4, 0.5) is 5.69 Å². The number of aliphatic imine (C=N–C) groups is 1. The van der Waals surface area contributed by atoms with Gasteiger partial charge in [0, 0.05) is 10.6 Å². The SMILES string of the molecule is NC1=NCNC2Sc3cc(N)ccc3C12. The van der Waals surface area contributed by atoms with E-state index in [-0.39, 0.29) is 5.92 Å². The molecule has 0 amide bonds. The highest BCUT2D eigenvalue weighted by molar-refractivity contribution is 8.00. The van der Waals surface area contributed by atoms with Gasteiger partial charge in [0.1, 0.15) is 5.84 Å². The highest BCUT2D eigenvalue weighted by Gasteiger charge is 2.37. The van der Waals surface area contributed by atoms with Crippen molar-refractivity contribution in [2.75, 3.05) is 12.4 Å². The molecule has 15 heavy (non-hydrogen) atoms.